The van der Waals surface area contributed by atoms with Crippen LogP contribution in [0, 0.1) is 6.92 Å². The third-order valence-electron chi connectivity index (χ3n) is 4.59. The molecule has 0 fully saturated rings. The number of ether oxygens (including phenoxy) is 1. The Kier molecular flexibility index (Phi) is 4.79. The normalized spacial score (nSPS) is 16.6. The Morgan fingerprint density at radius 1 is 1.21 bits per heavy atom. The number of nitrogens with zero attached hydrogens (tertiary/aromatic N) is 2. The molecule has 0 spiro atoms. The number of carbonyl (C=O) groups excluding carboxylic acids is 1. The van der Waals surface area contributed by atoms with Gasteiger partial charge in [0.15, 0.2) is 0 Å². The number of benzene rings is 1. The Hall–Kier alpha value is -2.43. The van der Waals surface area contributed by atoms with Crippen molar-refractivity contribution in [1.29, 1.82) is 0 Å². The van der Waals surface area contributed by atoms with E-state index in [1.807, 2.05) is 36.1 Å². The molecule has 0 saturated heterocycles. The standard InChI is InChI=1S/C19H25N3O2/c1-4-16-17-11-10-14(3)21(17)12-13-22(16)19(23)20-15-8-6-7-9-18(15)24-5-2/h6-11,16H,4-5,12-13H2,1-3H3,(H,20,23)/t16-/m1/s1. The minimum Gasteiger partial charge on any atom is -0.492 e. The lowest BCUT2D eigenvalue weighted by Gasteiger charge is -2.37. The lowest BCUT2D eigenvalue weighted by molar-refractivity contribution is 0.165. The minimum absolute atomic E-state index is 0.0703. The van der Waals surface area contributed by atoms with Gasteiger partial charge in [0.1, 0.15) is 5.75 Å². The lowest BCUT2D eigenvalue weighted by atomic mass is 10.1. The number of aryl methyl sites for hydroxylation is 1. The molecule has 1 aromatic carbocycles. The van der Waals surface area contributed by atoms with Gasteiger partial charge < -0.3 is 19.5 Å². The van der Waals surface area contributed by atoms with E-state index >= 15 is 0 Å². The van der Waals surface area contributed by atoms with Crippen LogP contribution in [0.1, 0.15) is 37.7 Å². The van der Waals surface area contributed by atoms with Gasteiger partial charge in [0.05, 0.1) is 18.3 Å². The number of hydrogen-bond donors (Lipinski definition) is 1. The molecule has 0 saturated carbocycles. The molecule has 0 unspecified atom stereocenters. The summed E-state index contributed by atoms with van der Waals surface area (Å²) < 4.78 is 7.91. The number of urea groups is 1. The number of amides is 2. The van der Waals surface area contributed by atoms with E-state index in [0.717, 1.165) is 18.7 Å². The summed E-state index contributed by atoms with van der Waals surface area (Å²) in [7, 11) is 0. The molecular formula is C19H25N3O2. The molecule has 1 N–H and O–H groups in total. The molecule has 24 heavy (non-hydrogen) atoms. The summed E-state index contributed by atoms with van der Waals surface area (Å²) in [4.78, 5) is 14.8. The minimum atomic E-state index is -0.0703. The molecule has 2 heterocycles. The van der Waals surface area contributed by atoms with E-state index in [1.165, 1.54) is 11.4 Å². The van der Waals surface area contributed by atoms with Crippen molar-refractivity contribution >= 4 is 11.7 Å². The van der Waals surface area contributed by atoms with E-state index in [1.54, 1.807) is 0 Å². The van der Waals surface area contributed by atoms with Crippen molar-refractivity contribution in [1.82, 2.24) is 9.47 Å². The van der Waals surface area contributed by atoms with Gasteiger partial charge in [-0.25, -0.2) is 4.79 Å². The summed E-state index contributed by atoms with van der Waals surface area (Å²) in [6, 6.07) is 11.9. The number of nitrogens with one attached hydrogen (secondary N) is 1. The molecule has 1 aliphatic heterocycles. The highest BCUT2D eigenvalue weighted by molar-refractivity contribution is 5.91. The van der Waals surface area contributed by atoms with Gasteiger partial charge in [0.2, 0.25) is 0 Å². The first-order valence-electron chi connectivity index (χ1n) is 8.61. The van der Waals surface area contributed by atoms with Crippen molar-refractivity contribution in [3.8, 4) is 5.75 Å². The van der Waals surface area contributed by atoms with Gasteiger partial charge in [0, 0.05) is 24.5 Å². The lowest BCUT2D eigenvalue weighted by Crippen LogP contribution is -2.44. The highest BCUT2D eigenvalue weighted by atomic mass is 16.5. The third-order valence-corrected chi connectivity index (χ3v) is 4.59. The molecule has 128 valence electrons. The first-order valence-corrected chi connectivity index (χ1v) is 8.61. The Morgan fingerprint density at radius 2 is 2.00 bits per heavy atom. The fourth-order valence-corrected chi connectivity index (χ4v) is 3.42. The first kappa shape index (κ1) is 16.4. The monoisotopic (exact) mass is 327 g/mol. The average Bonchev–Trinajstić information content (AvgIpc) is 2.97. The number of aromatic nitrogens is 1. The summed E-state index contributed by atoms with van der Waals surface area (Å²) >= 11 is 0. The third kappa shape index (κ3) is 2.98. The van der Waals surface area contributed by atoms with Crippen LogP contribution in [0.5, 0.6) is 5.75 Å². The van der Waals surface area contributed by atoms with E-state index < -0.39 is 0 Å². The number of para-hydroxylation sites is 2. The smallest absolute Gasteiger partial charge is 0.322 e. The molecular weight excluding hydrogens is 302 g/mol. The van der Waals surface area contributed by atoms with Gasteiger partial charge in [-0.3, -0.25) is 0 Å². The van der Waals surface area contributed by atoms with Crippen molar-refractivity contribution in [3.63, 3.8) is 0 Å². The van der Waals surface area contributed by atoms with E-state index in [4.69, 9.17) is 4.74 Å². The summed E-state index contributed by atoms with van der Waals surface area (Å²) in [5, 5.41) is 3.02. The Morgan fingerprint density at radius 3 is 2.75 bits per heavy atom. The molecule has 1 aliphatic rings. The molecule has 1 atom stereocenters. The molecule has 3 rings (SSSR count). The van der Waals surface area contributed by atoms with Crippen LogP contribution in [0.25, 0.3) is 0 Å². The number of rotatable bonds is 4. The molecule has 5 nitrogen and oxygen atoms in total. The van der Waals surface area contributed by atoms with Crippen LogP contribution < -0.4 is 10.1 Å². The fraction of sp³-hybridized carbons (Fsp3) is 0.421. The Labute approximate surface area is 143 Å². The van der Waals surface area contributed by atoms with Crippen LogP contribution in [0.2, 0.25) is 0 Å². The van der Waals surface area contributed by atoms with Crippen LogP contribution in [-0.2, 0) is 6.54 Å². The second-order valence-corrected chi connectivity index (χ2v) is 6.03. The SMILES string of the molecule is CCOc1ccccc1NC(=O)N1CCn2c(C)ccc2[C@H]1CC. The predicted octanol–water partition coefficient (Wildman–Crippen LogP) is 4.19. The van der Waals surface area contributed by atoms with Crippen molar-refractivity contribution in [2.24, 2.45) is 0 Å². The second-order valence-electron chi connectivity index (χ2n) is 6.03. The molecule has 1 aromatic heterocycles. The molecule has 2 amide bonds. The molecule has 0 aliphatic carbocycles. The zero-order valence-electron chi connectivity index (χ0n) is 14.6. The maximum Gasteiger partial charge on any atom is 0.322 e. The topological polar surface area (TPSA) is 46.5 Å². The summed E-state index contributed by atoms with van der Waals surface area (Å²) in [5.74, 6) is 0.706. The van der Waals surface area contributed by atoms with Crippen molar-refractivity contribution < 1.29 is 9.53 Å². The van der Waals surface area contributed by atoms with Crippen LogP contribution in [0.15, 0.2) is 36.4 Å². The summed E-state index contributed by atoms with van der Waals surface area (Å²) in [6.45, 7) is 8.30. The van der Waals surface area contributed by atoms with Crippen LogP contribution in [0.3, 0.4) is 0 Å². The maximum atomic E-state index is 12.9. The fourth-order valence-electron chi connectivity index (χ4n) is 3.42. The van der Waals surface area contributed by atoms with Gasteiger partial charge in [-0.05, 0) is 44.5 Å². The van der Waals surface area contributed by atoms with Crippen molar-refractivity contribution in [2.45, 2.75) is 39.8 Å². The van der Waals surface area contributed by atoms with Gasteiger partial charge >= 0.3 is 6.03 Å². The van der Waals surface area contributed by atoms with Crippen LogP contribution in [-0.4, -0.2) is 28.6 Å². The highest BCUT2D eigenvalue weighted by Crippen LogP contribution is 2.31. The van der Waals surface area contributed by atoms with Gasteiger partial charge in [-0.1, -0.05) is 19.1 Å². The highest BCUT2D eigenvalue weighted by Gasteiger charge is 2.30. The van der Waals surface area contributed by atoms with Crippen LogP contribution >= 0.6 is 0 Å². The zero-order chi connectivity index (χ0) is 17.1. The predicted molar refractivity (Wildman–Crippen MR) is 95.5 cm³/mol. The Bertz CT molecular complexity index is 723. The van der Waals surface area contributed by atoms with Gasteiger partial charge in [-0.2, -0.15) is 0 Å². The van der Waals surface area contributed by atoms with E-state index in [0.29, 0.717) is 18.9 Å². The first-order chi connectivity index (χ1) is 11.7. The number of hydrogen-bond acceptors (Lipinski definition) is 2. The van der Waals surface area contributed by atoms with Crippen LogP contribution in [0.4, 0.5) is 10.5 Å². The van der Waals surface area contributed by atoms with Crippen molar-refractivity contribution in [2.75, 3.05) is 18.5 Å². The van der Waals surface area contributed by atoms with Gasteiger partial charge in [-0.15, -0.1) is 0 Å². The van der Waals surface area contributed by atoms with Gasteiger partial charge in [0.25, 0.3) is 0 Å². The number of fused-ring (bicyclic) bond motifs is 1. The number of carbonyl (C=O) groups is 1. The summed E-state index contributed by atoms with van der Waals surface area (Å²) in [5.41, 5.74) is 3.19. The van der Waals surface area contributed by atoms with E-state index in [-0.39, 0.29) is 12.1 Å². The van der Waals surface area contributed by atoms with Crippen molar-refractivity contribution in [3.05, 3.63) is 47.8 Å². The molecule has 0 radical (unpaired) electrons. The zero-order valence-corrected chi connectivity index (χ0v) is 14.6. The molecule has 5 heteroatoms. The average molecular weight is 327 g/mol. The van der Waals surface area contributed by atoms with E-state index in [9.17, 15) is 4.79 Å². The quantitative estimate of drug-likeness (QED) is 0.915. The maximum absolute atomic E-state index is 12.9. The largest absolute Gasteiger partial charge is 0.492 e. The summed E-state index contributed by atoms with van der Waals surface area (Å²) in [6.07, 6.45) is 0.893. The second kappa shape index (κ2) is 6.99. The molecule has 2 aromatic rings. The molecule has 0 bridgehead atoms. The van der Waals surface area contributed by atoms with E-state index in [2.05, 4.69) is 35.9 Å². The Balaban J connectivity index is 1.80. The number of anilines is 1.